The van der Waals surface area contributed by atoms with E-state index in [0.29, 0.717) is 24.3 Å². The Morgan fingerprint density at radius 1 is 1.17 bits per heavy atom. The molecule has 3 heterocycles. The first kappa shape index (κ1) is 21.4. The van der Waals surface area contributed by atoms with Gasteiger partial charge in [-0.1, -0.05) is 0 Å². The van der Waals surface area contributed by atoms with Crippen molar-refractivity contribution < 1.29 is 22.3 Å². The molecule has 0 saturated heterocycles. The quantitative estimate of drug-likeness (QED) is 0.454. The predicted octanol–water partition coefficient (Wildman–Crippen LogP) is 4.93. The van der Waals surface area contributed by atoms with Crippen molar-refractivity contribution in [1.82, 2.24) is 24.1 Å². The van der Waals surface area contributed by atoms with Crippen LogP contribution in [0.15, 0.2) is 49.1 Å². The summed E-state index contributed by atoms with van der Waals surface area (Å²) in [5, 5.41) is 7.06. The number of fused-ring (bicyclic) bond motifs is 1. The van der Waals surface area contributed by atoms with Crippen molar-refractivity contribution in [2.75, 3.05) is 19.6 Å². The second-order valence-electron chi connectivity index (χ2n) is 5.74. The van der Waals surface area contributed by atoms with E-state index in [2.05, 4.69) is 20.4 Å². The fourth-order valence-electron chi connectivity index (χ4n) is 2.73. The van der Waals surface area contributed by atoms with Gasteiger partial charge < -0.3 is 14.6 Å². The third-order valence-corrected chi connectivity index (χ3v) is 4.14. The number of nitrogens with one attached hydrogen (secondary N) is 1. The molecule has 0 saturated carbocycles. The molecule has 1 N–H and O–H groups in total. The Morgan fingerprint density at radius 2 is 1.93 bits per heavy atom. The number of ether oxygens (including phenoxy) is 1. The maximum absolute atomic E-state index is 13.2. The lowest BCUT2D eigenvalue weighted by Crippen LogP contribution is -2.08. The summed E-state index contributed by atoms with van der Waals surface area (Å²) in [5.41, 5.74) is 0.0816. The molecule has 0 spiro atoms. The van der Waals surface area contributed by atoms with Gasteiger partial charge in [-0.25, -0.2) is 9.50 Å². The van der Waals surface area contributed by atoms with Gasteiger partial charge >= 0.3 is 6.18 Å². The Bertz CT molecular complexity index is 1160. The predicted molar refractivity (Wildman–Crippen MR) is 103 cm³/mol. The summed E-state index contributed by atoms with van der Waals surface area (Å²) >= 11 is 5.91. The van der Waals surface area contributed by atoms with Crippen LogP contribution >= 0.6 is 11.6 Å². The minimum Gasteiger partial charge on any atom is -0.496 e. The van der Waals surface area contributed by atoms with Crippen molar-refractivity contribution in [2.45, 2.75) is 6.18 Å². The van der Waals surface area contributed by atoms with Crippen molar-refractivity contribution in [1.29, 1.82) is 0 Å². The number of nitrogens with zero attached hydrogens (tertiary/aromatic N) is 5. The lowest BCUT2D eigenvalue weighted by Gasteiger charge is -2.13. The summed E-state index contributed by atoms with van der Waals surface area (Å²) < 4.78 is 57.0. The number of anilines is 2. The Hall–Kier alpha value is -3.34. The molecule has 4 rings (SSSR count). The van der Waals surface area contributed by atoms with E-state index in [9.17, 15) is 17.6 Å². The normalized spacial score (nSPS) is 11.2. The lowest BCUT2D eigenvalue weighted by atomic mass is 10.1. The zero-order valence-electron chi connectivity index (χ0n) is 15.7. The number of aromatic nitrogens is 5. The number of rotatable bonds is 4. The van der Waals surface area contributed by atoms with E-state index in [1.807, 2.05) is 0 Å². The summed E-state index contributed by atoms with van der Waals surface area (Å²) in [6, 6.07) is 7.33. The van der Waals surface area contributed by atoms with Crippen molar-refractivity contribution in [3.05, 3.63) is 59.9 Å². The highest BCUT2D eigenvalue weighted by Crippen LogP contribution is 2.37. The molecule has 0 fully saturated rings. The van der Waals surface area contributed by atoms with Crippen molar-refractivity contribution in [3.8, 4) is 11.4 Å². The molecule has 3 aromatic heterocycles. The summed E-state index contributed by atoms with van der Waals surface area (Å²) in [6.45, 7) is 0. The molecule has 4 aromatic rings. The van der Waals surface area contributed by atoms with Gasteiger partial charge in [0.1, 0.15) is 23.4 Å². The first-order valence-corrected chi connectivity index (χ1v) is 8.68. The number of imidazole rings is 1. The van der Waals surface area contributed by atoms with E-state index >= 15 is 0 Å². The van der Waals surface area contributed by atoms with Crippen LogP contribution in [0, 0.1) is 0 Å². The Balaban J connectivity index is 0.00000124. The number of halogens is 5. The van der Waals surface area contributed by atoms with E-state index < -0.39 is 11.7 Å². The average molecular weight is 443 g/mol. The number of benzene rings is 1. The molecule has 0 aliphatic heterocycles. The topological polar surface area (TPSA) is 69.3 Å². The molecular formula is C18H15ClF4N6O. The van der Waals surface area contributed by atoms with Gasteiger partial charge in [-0.15, -0.1) is 5.10 Å². The Kier molecular flexibility index (Phi) is 6.11. The molecule has 7 nitrogen and oxygen atoms in total. The number of alkyl halides is 4. The molecular weight excluding hydrogens is 428 g/mol. The Labute approximate surface area is 172 Å². The van der Waals surface area contributed by atoms with E-state index in [1.54, 1.807) is 22.8 Å². The summed E-state index contributed by atoms with van der Waals surface area (Å²) in [6.07, 6.45) is 0.101. The van der Waals surface area contributed by atoms with Crippen LogP contribution in [0.25, 0.3) is 11.2 Å². The van der Waals surface area contributed by atoms with Crippen molar-refractivity contribution >= 4 is 28.8 Å². The van der Waals surface area contributed by atoms with Gasteiger partial charge in [0.25, 0.3) is 0 Å². The number of methoxy groups -OCH3 is 1. The fraction of sp³-hybridized carbons (Fsp3) is 0.167. The molecule has 0 aliphatic rings. The maximum Gasteiger partial charge on any atom is 0.420 e. The number of hydrogen-bond donors (Lipinski definition) is 1. The van der Waals surface area contributed by atoms with E-state index in [1.165, 1.54) is 36.3 Å². The molecule has 0 aliphatic carbocycles. The monoisotopic (exact) mass is 442 g/mol. The largest absolute Gasteiger partial charge is 0.496 e. The van der Waals surface area contributed by atoms with Crippen LogP contribution in [0.5, 0.6) is 5.75 Å². The molecule has 0 bridgehead atoms. The standard InChI is InChI=1S/C17H12ClF3N6O.CH3F/c1-28-13-5-4-10(7-11(13)17(19,20)21)26-8-14(22-9-26)23-15-12-3-2-6-27(12)25-16(18)24-15;1-2/h2-9H,1H3,(H,23,24,25);1H3. The van der Waals surface area contributed by atoms with Crippen molar-refractivity contribution in [3.63, 3.8) is 0 Å². The van der Waals surface area contributed by atoms with Crippen LogP contribution in [0.2, 0.25) is 5.28 Å². The maximum atomic E-state index is 13.2. The molecule has 0 atom stereocenters. The highest BCUT2D eigenvalue weighted by Gasteiger charge is 2.34. The molecule has 0 radical (unpaired) electrons. The van der Waals surface area contributed by atoms with Crippen LogP contribution in [0.4, 0.5) is 29.2 Å². The lowest BCUT2D eigenvalue weighted by molar-refractivity contribution is -0.138. The summed E-state index contributed by atoms with van der Waals surface area (Å²) in [5.74, 6) is 0.546. The zero-order valence-corrected chi connectivity index (χ0v) is 16.4. The van der Waals surface area contributed by atoms with E-state index in [4.69, 9.17) is 16.3 Å². The van der Waals surface area contributed by atoms with Gasteiger partial charge in [-0.05, 0) is 41.9 Å². The van der Waals surface area contributed by atoms with E-state index in [-0.39, 0.29) is 16.7 Å². The average Bonchev–Trinajstić information content (AvgIpc) is 3.38. The first-order chi connectivity index (χ1) is 14.3. The molecule has 0 amide bonds. The van der Waals surface area contributed by atoms with Crippen molar-refractivity contribution in [2.24, 2.45) is 0 Å². The zero-order chi connectivity index (χ0) is 21.9. The second-order valence-corrected chi connectivity index (χ2v) is 6.08. The molecule has 0 unspecified atom stereocenters. The molecule has 1 aromatic carbocycles. The number of hydrogen-bond acceptors (Lipinski definition) is 5. The minimum absolute atomic E-state index is 0.0376. The SMILES string of the molecule is CF.COc1ccc(-n2cnc(Nc3nc(Cl)nn4cccc34)c2)cc1C(F)(F)F. The van der Waals surface area contributed by atoms with Crippen LogP contribution in [-0.2, 0) is 6.18 Å². The van der Waals surface area contributed by atoms with Crippen LogP contribution in [-0.4, -0.2) is 38.4 Å². The Morgan fingerprint density at radius 3 is 2.63 bits per heavy atom. The van der Waals surface area contributed by atoms with Crippen LogP contribution in [0.3, 0.4) is 0 Å². The van der Waals surface area contributed by atoms with E-state index in [0.717, 1.165) is 6.07 Å². The van der Waals surface area contributed by atoms with Gasteiger partial charge in [0.2, 0.25) is 5.28 Å². The third-order valence-electron chi connectivity index (χ3n) is 3.98. The molecule has 30 heavy (non-hydrogen) atoms. The second kappa shape index (κ2) is 8.57. The highest BCUT2D eigenvalue weighted by atomic mass is 35.5. The molecule has 12 heteroatoms. The van der Waals surface area contributed by atoms with Gasteiger partial charge in [0, 0.05) is 11.9 Å². The van der Waals surface area contributed by atoms with Gasteiger partial charge in [-0.2, -0.15) is 18.2 Å². The van der Waals surface area contributed by atoms with Gasteiger partial charge in [0.05, 0.1) is 26.0 Å². The highest BCUT2D eigenvalue weighted by molar-refractivity contribution is 6.28. The smallest absolute Gasteiger partial charge is 0.420 e. The van der Waals surface area contributed by atoms with Crippen LogP contribution in [0.1, 0.15) is 5.56 Å². The van der Waals surface area contributed by atoms with Gasteiger partial charge in [-0.3, -0.25) is 4.39 Å². The summed E-state index contributed by atoms with van der Waals surface area (Å²) in [4.78, 5) is 8.30. The first-order valence-electron chi connectivity index (χ1n) is 8.30. The van der Waals surface area contributed by atoms with Gasteiger partial charge in [0.15, 0.2) is 5.82 Å². The third kappa shape index (κ3) is 4.30. The summed E-state index contributed by atoms with van der Waals surface area (Å²) in [7, 11) is 1.69. The minimum atomic E-state index is -4.54. The van der Waals surface area contributed by atoms with Crippen LogP contribution < -0.4 is 10.1 Å². The molecule has 158 valence electrons. The fourth-order valence-corrected chi connectivity index (χ4v) is 2.89.